The fraction of sp³-hybridized carbons (Fsp3) is 0. The van der Waals surface area contributed by atoms with Gasteiger partial charge in [-0.1, -0.05) is 121 Å². The van der Waals surface area contributed by atoms with Gasteiger partial charge in [-0.2, -0.15) is 0 Å². The summed E-state index contributed by atoms with van der Waals surface area (Å²) in [6, 6.07) is 52.8. The first-order valence-corrected chi connectivity index (χ1v) is 15.9. The lowest BCUT2D eigenvalue weighted by Gasteiger charge is -2.12. The molecule has 0 aliphatic heterocycles. The molecule has 0 aliphatic rings. The minimum atomic E-state index is 0.562. The Balaban J connectivity index is 1.21. The summed E-state index contributed by atoms with van der Waals surface area (Å²) in [7, 11) is 0.691. The third kappa shape index (κ3) is 6.31. The lowest BCUT2D eigenvalue weighted by Crippen LogP contribution is -2.00. The molecular formula is C42H28BN4O2. The Morgan fingerprint density at radius 1 is 0.429 bits per heavy atom. The molecule has 0 fully saturated rings. The Labute approximate surface area is 284 Å². The summed E-state index contributed by atoms with van der Waals surface area (Å²) in [5, 5.41) is 10.2. The molecule has 8 rings (SSSR count). The van der Waals surface area contributed by atoms with Crippen LogP contribution < -0.4 is 4.65 Å². The van der Waals surface area contributed by atoms with Crippen molar-refractivity contribution in [1.82, 2.24) is 19.9 Å². The van der Waals surface area contributed by atoms with Crippen molar-refractivity contribution in [2.75, 3.05) is 0 Å². The number of pyridine rings is 1. The van der Waals surface area contributed by atoms with Gasteiger partial charge < -0.3 is 9.68 Å². The molecule has 0 atom stereocenters. The highest BCUT2D eigenvalue weighted by Crippen LogP contribution is 2.33. The summed E-state index contributed by atoms with van der Waals surface area (Å²) in [4.78, 5) is 19.7. The summed E-state index contributed by atoms with van der Waals surface area (Å²) < 4.78 is 5.19. The van der Waals surface area contributed by atoms with Crippen molar-refractivity contribution >= 4 is 18.6 Å². The molecule has 0 saturated carbocycles. The van der Waals surface area contributed by atoms with E-state index in [2.05, 4.69) is 71.7 Å². The number of rotatable bonds is 8. The molecule has 7 heteroatoms. The minimum absolute atomic E-state index is 0.562. The molecular weight excluding hydrogens is 603 g/mol. The molecule has 0 amide bonds. The molecule has 8 aromatic rings. The van der Waals surface area contributed by atoms with Crippen molar-refractivity contribution in [3.05, 3.63) is 164 Å². The van der Waals surface area contributed by atoms with Crippen LogP contribution in [0.15, 0.2) is 164 Å². The highest BCUT2D eigenvalue weighted by atomic mass is 16.5. The molecule has 6 aromatic carbocycles. The van der Waals surface area contributed by atoms with Gasteiger partial charge in [0.25, 0.3) is 0 Å². The molecule has 2 heterocycles. The second-order valence-corrected chi connectivity index (χ2v) is 11.5. The Hall–Kier alpha value is -6.44. The molecule has 1 radical (unpaired) electrons. The van der Waals surface area contributed by atoms with Crippen LogP contribution in [-0.4, -0.2) is 32.6 Å². The standard InChI is InChI=1S/C42H28BN4O2/c48-43-49-37-21-7-16-33(27-37)31-14-4-13-30(24-31)32-15-5-18-35(25-32)41-45-40(29-10-2-1-3-11-29)46-42(47-41)36-19-6-17-34(26-36)38-22-8-12-28-20-9-23-44-39(28)38/h1-27,48H. The summed E-state index contributed by atoms with van der Waals surface area (Å²) in [6.45, 7) is 0. The van der Waals surface area contributed by atoms with Gasteiger partial charge in [-0.05, 0) is 64.2 Å². The van der Waals surface area contributed by atoms with Gasteiger partial charge in [0.2, 0.25) is 0 Å². The zero-order valence-corrected chi connectivity index (χ0v) is 26.3. The zero-order chi connectivity index (χ0) is 33.0. The van der Waals surface area contributed by atoms with Gasteiger partial charge in [-0.15, -0.1) is 0 Å². The van der Waals surface area contributed by atoms with E-state index < -0.39 is 0 Å². The summed E-state index contributed by atoms with van der Waals surface area (Å²) in [5.74, 6) is 2.34. The van der Waals surface area contributed by atoms with Gasteiger partial charge in [0.05, 0.1) is 5.52 Å². The number of nitrogens with zero attached hydrogens (tertiary/aromatic N) is 4. The predicted molar refractivity (Wildman–Crippen MR) is 196 cm³/mol. The van der Waals surface area contributed by atoms with E-state index in [0.29, 0.717) is 30.9 Å². The molecule has 0 aliphatic carbocycles. The molecule has 0 unspecified atom stereocenters. The summed E-state index contributed by atoms with van der Waals surface area (Å²) in [6.07, 6.45) is 1.83. The van der Waals surface area contributed by atoms with Gasteiger partial charge in [-0.25, -0.2) is 15.0 Å². The lowest BCUT2D eigenvalue weighted by atomic mass is 9.97. The third-order valence-corrected chi connectivity index (χ3v) is 8.40. The Morgan fingerprint density at radius 3 is 1.59 bits per heavy atom. The number of para-hydroxylation sites is 1. The molecule has 1 N–H and O–H groups in total. The molecule has 0 bridgehead atoms. The van der Waals surface area contributed by atoms with Crippen LogP contribution in [0.5, 0.6) is 5.75 Å². The van der Waals surface area contributed by atoms with E-state index in [1.54, 1.807) is 6.07 Å². The van der Waals surface area contributed by atoms with Crippen molar-refractivity contribution in [2.45, 2.75) is 0 Å². The smallest absolute Gasteiger partial charge is 0.537 e. The third-order valence-electron chi connectivity index (χ3n) is 8.40. The van der Waals surface area contributed by atoms with Crippen molar-refractivity contribution in [2.24, 2.45) is 0 Å². The Bertz CT molecular complexity index is 2430. The molecule has 2 aromatic heterocycles. The number of fused-ring (bicyclic) bond motifs is 1. The first kappa shape index (κ1) is 29.9. The first-order valence-electron chi connectivity index (χ1n) is 15.9. The van der Waals surface area contributed by atoms with E-state index >= 15 is 0 Å². The Kier molecular flexibility index (Phi) is 8.16. The number of hydrogen-bond donors (Lipinski definition) is 1. The largest absolute Gasteiger partial charge is 0.569 e. The molecule has 49 heavy (non-hydrogen) atoms. The second-order valence-electron chi connectivity index (χ2n) is 11.5. The fourth-order valence-electron chi connectivity index (χ4n) is 6.04. The first-order chi connectivity index (χ1) is 24.2. The second kappa shape index (κ2) is 13.4. The van der Waals surface area contributed by atoms with Crippen LogP contribution in [0.1, 0.15) is 0 Å². The average Bonchev–Trinajstić information content (AvgIpc) is 3.18. The van der Waals surface area contributed by atoms with Crippen LogP contribution in [-0.2, 0) is 0 Å². The van der Waals surface area contributed by atoms with E-state index in [1.807, 2.05) is 91.1 Å². The van der Waals surface area contributed by atoms with E-state index in [9.17, 15) is 0 Å². The molecule has 0 spiro atoms. The lowest BCUT2D eigenvalue weighted by molar-refractivity contribution is 0.454. The minimum Gasteiger partial charge on any atom is -0.537 e. The zero-order valence-electron chi connectivity index (χ0n) is 26.3. The average molecular weight is 632 g/mol. The van der Waals surface area contributed by atoms with Crippen LogP contribution in [0.3, 0.4) is 0 Å². The monoisotopic (exact) mass is 631 g/mol. The van der Waals surface area contributed by atoms with Crippen molar-refractivity contribution in [1.29, 1.82) is 0 Å². The van der Waals surface area contributed by atoms with Gasteiger partial charge >= 0.3 is 7.69 Å². The normalized spacial score (nSPS) is 11.0. The van der Waals surface area contributed by atoms with Gasteiger partial charge in [-0.3, -0.25) is 4.98 Å². The highest BCUT2D eigenvalue weighted by molar-refractivity contribution is 6.17. The maximum absolute atomic E-state index is 9.09. The quantitative estimate of drug-likeness (QED) is 0.168. The van der Waals surface area contributed by atoms with Crippen LogP contribution in [0.2, 0.25) is 0 Å². The molecule has 6 nitrogen and oxygen atoms in total. The van der Waals surface area contributed by atoms with Gasteiger partial charge in [0.15, 0.2) is 17.5 Å². The fourth-order valence-corrected chi connectivity index (χ4v) is 6.04. The number of hydrogen-bond acceptors (Lipinski definition) is 6. The van der Waals surface area contributed by atoms with Crippen LogP contribution in [0.25, 0.3) is 78.4 Å². The van der Waals surface area contributed by atoms with Crippen LogP contribution in [0.4, 0.5) is 0 Å². The summed E-state index contributed by atoms with van der Waals surface area (Å²) in [5.41, 5.74) is 9.82. The van der Waals surface area contributed by atoms with Gasteiger partial charge in [0, 0.05) is 33.8 Å². The van der Waals surface area contributed by atoms with Crippen molar-refractivity contribution in [3.8, 4) is 73.3 Å². The molecule has 231 valence electrons. The SMILES string of the molecule is O[B]Oc1cccc(-c2cccc(-c3cccc(-c4nc(-c5ccccc5)nc(-c5cccc(-c6cccc7cccnc67)c5)n4)c3)c2)c1. The van der Waals surface area contributed by atoms with E-state index in [0.717, 1.165) is 61.0 Å². The predicted octanol–water partition coefficient (Wildman–Crippen LogP) is 9.33. The topological polar surface area (TPSA) is 81.0 Å². The summed E-state index contributed by atoms with van der Waals surface area (Å²) >= 11 is 0. The number of aromatic nitrogens is 4. The molecule has 0 saturated heterocycles. The van der Waals surface area contributed by atoms with Crippen LogP contribution >= 0.6 is 0 Å². The van der Waals surface area contributed by atoms with Crippen LogP contribution in [0, 0.1) is 0 Å². The number of benzene rings is 6. The van der Waals surface area contributed by atoms with Gasteiger partial charge in [0.1, 0.15) is 5.75 Å². The van der Waals surface area contributed by atoms with E-state index in [-0.39, 0.29) is 0 Å². The van der Waals surface area contributed by atoms with Crippen molar-refractivity contribution < 1.29 is 9.68 Å². The maximum Gasteiger partial charge on any atom is 0.569 e. The highest BCUT2D eigenvalue weighted by Gasteiger charge is 2.15. The van der Waals surface area contributed by atoms with E-state index in [1.165, 1.54) is 0 Å². The maximum atomic E-state index is 9.09. The van der Waals surface area contributed by atoms with E-state index in [4.69, 9.17) is 24.6 Å². The Morgan fingerprint density at radius 2 is 0.918 bits per heavy atom. The van der Waals surface area contributed by atoms with Crippen molar-refractivity contribution in [3.63, 3.8) is 0 Å².